The molecule has 0 fully saturated rings. The van der Waals surface area contributed by atoms with Gasteiger partial charge in [-0.2, -0.15) is 0 Å². The molecule has 140 valence electrons. The highest BCUT2D eigenvalue weighted by atomic mass is 35.5. The number of aromatic nitrogens is 3. The van der Waals surface area contributed by atoms with E-state index >= 15 is 0 Å². The largest absolute Gasteiger partial charge is 0.486 e. The van der Waals surface area contributed by atoms with Gasteiger partial charge in [0.2, 0.25) is 0 Å². The Kier molecular flexibility index (Phi) is 4.67. The summed E-state index contributed by atoms with van der Waals surface area (Å²) in [4.78, 5) is 12.9. The van der Waals surface area contributed by atoms with E-state index in [0.29, 0.717) is 39.7 Å². The van der Waals surface area contributed by atoms with Crippen molar-refractivity contribution in [3.05, 3.63) is 71.3 Å². The highest BCUT2D eigenvalue weighted by Gasteiger charge is 2.12. The highest BCUT2D eigenvalue weighted by Crippen LogP contribution is 2.31. The molecule has 8 heteroatoms. The second kappa shape index (κ2) is 7.28. The van der Waals surface area contributed by atoms with Gasteiger partial charge in [0, 0.05) is 23.2 Å². The lowest BCUT2D eigenvalue weighted by molar-refractivity contribution is 0.301. The molecule has 0 radical (unpaired) electrons. The number of nitrogen functional groups attached to an aromatic ring is 2. The third kappa shape index (κ3) is 3.52. The van der Waals surface area contributed by atoms with Crippen LogP contribution >= 0.6 is 11.6 Å². The Morgan fingerprint density at radius 3 is 2.64 bits per heavy atom. The number of fused-ring (bicyclic) bond motifs is 1. The van der Waals surface area contributed by atoms with Crippen LogP contribution in [0.5, 0.6) is 5.75 Å². The van der Waals surface area contributed by atoms with Crippen molar-refractivity contribution in [1.29, 1.82) is 0 Å². The van der Waals surface area contributed by atoms with Crippen LogP contribution in [0.25, 0.3) is 22.3 Å². The minimum atomic E-state index is -0.562. The lowest BCUT2D eigenvalue weighted by Gasteiger charge is -2.10. The number of pyridine rings is 1. The summed E-state index contributed by atoms with van der Waals surface area (Å²) in [6.07, 6.45) is 1.70. The summed E-state index contributed by atoms with van der Waals surface area (Å²) >= 11 is 6.34. The number of rotatable bonds is 4. The molecule has 0 aliphatic heterocycles. The summed E-state index contributed by atoms with van der Waals surface area (Å²) < 4.78 is 19.5. The average molecular weight is 396 g/mol. The maximum absolute atomic E-state index is 13.8. The molecule has 2 aromatic carbocycles. The zero-order chi connectivity index (χ0) is 19.7. The van der Waals surface area contributed by atoms with Crippen molar-refractivity contribution in [2.75, 3.05) is 11.5 Å². The molecule has 4 rings (SSSR count). The molecule has 2 heterocycles. The number of halogens is 2. The van der Waals surface area contributed by atoms with Gasteiger partial charge in [-0.25, -0.2) is 14.4 Å². The molecule has 0 saturated heterocycles. The number of anilines is 2. The Bertz CT molecular complexity index is 1170. The molecule has 0 saturated carbocycles. The van der Waals surface area contributed by atoms with E-state index < -0.39 is 5.82 Å². The maximum atomic E-state index is 13.8. The molecule has 4 N–H and O–H groups in total. The monoisotopic (exact) mass is 395 g/mol. The van der Waals surface area contributed by atoms with Crippen LogP contribution in [0.15, 0.2) is 54.7 Å². The third-order valence-electron chi connectivity index (χ3n) is 4.14. The molecule has 0 aliphatic carbocycles. The van der Waals surface area contributed by atoms with Crippen LogP contribution < -0.4 is 16.2 Å². The van der Waals surface area contributed by atoms with Crippen molar-refractivity contribution < 1.29 is 9.13 Å². The first-order chi connectivity index (χ1) is 13.5. The van der Waals surface area contributed by atoms with E-state index in [9.17, 15) is 4.39 Å². The van der Waals surface area contributed by atoms with Gasteiger partial charge in [0.05, 0.1) is 21.9 Å². The summed E-state index contributed by atoms with van der Waals surface area (Å²) in [5.41, 5.74) is 13.4. The molecule has 0 atom stereocenters. The van der Waals surface area contributed by atoms with E-state index in [1.54, 1.807) is 24.4 Å². The predicted molar refractivity (Wildman–Crippen MR) is 107 cm³/mol. The smallest absolute Gasteiger partial charge is 0.162 e. The molecule has 0 spiro atoms. The second-order valence-corrected chi connectivity index (χ2v) is 6.49. The Morgan fingerprint density at radius 1 is 1.04 bits per heavy atom. The fourth-order valence-corrected chi connectivity index (χ4v) is 2.95. The van der Waals surface area contributed by atoms with Crippen molar-refractivity contribution >= 4 is 34.0 Å². The lowest BCUT2D eigenvalue weighted by atomic mass is 10.1. The minimum Gasteiger partial charge on any atom is -0.486 e. The number of nitrogens with zero attached hydrogens (tertiary/aromatic N) is 3. The van der Waals surface area contributed by atoms with Gasteiger partial charge in [0.15, 0.2) is 5.82 Å². The van der Waals surface area contributed by atoms with Gasteiger partial charge in [0.25, 0.3) is 0 Å². The van der Waals surface area contributed by atoms with Gasteiger partial charge in [-0.15, -0.1) is 0 Å². The Morgan fingerprint density at radius 2 is 1.89 bits per heavy atom. The molecule has 0 aliphatic rings. The summed E-state index contributed by atoms with van der Waals surface area (Å²) in [6, 6.07) is 13.4. The van der Waals surface area contributed by atoms with Gasteiger partial charge in [-0.05, 0) is 36.4 Å². The van der Waals surface area contributed by atoms with Gasteiger partial charge in [0.1, 0.15) is 24.0 Å². The summed E-state index contributed by atoms with van der Waals surface area (Å²) in [6.45, 7) is 0.292. The van der Waals surface area contributed by atoms with Crippen LogP contribution in [0.1, 0.15) is 5.69 Å². The predicted octanol–water partition coefficient (Wildman–Crippen LogP) is 4.23. The fourth-order valence-electron chi connectivity index (χ4n) is 2.71. The number of benzene rings is 2. The summed E-state index contributed by atoms with van der Waals surface area (Å²) in [5.74, 6) is 0.474. The molecule has 0 unspecified atom stereocenters. The van der Waals surface area contributed by atoms with Gasteiger partial charge >= 0.3 is 0 Å². The van der Waals surface area contributed by atoms with Crippen molar-refractivity contribution in [3.8, 4) is 17.1 Å². The fraction of sp³-hybridized carbons (Fsp3) is 0.0500. The summed E-state index contributed by atoms with van der Waals surface area (Å²) in [7, 11) is 0. The first-order valence-corrected chi connectivity index (χ1v) is 8.74. The molecular weight excluding hydrogens is 381 g/mol. The number of hydrogen-bond acceptors (Lipinski definition) is 6. The molecular formula is C20H15ClFN5O. The maximum Gasteiger partial charge on any atom is 0.162 e. The SMILES string of the molecule is Nc1cc2c(N)nc(-c3ccc(OCc4ccccn4)c(Cl)c3)nc2cc1F. The number of hydrogen-bond donors (Lipinski definition) is 2. The Balaban J connectivity index is 1.64. The molecule has 0 bridgehead atoms. The first-order valence-electron chi connectivity index (χ1n) is 8.36. The van der Waals surface area contributed by atoms with E-state index in [4.69, 9.17) is 27.8 Å². The Labute approximate surface area is 165 Å². The van der Waals surface area contributed by atoms with E-state index in [1.807, 2.05) is 18.2 Å². The van der Waals surface area contributed by atoms with Crippen LogP contribution in [0, 0.1) is 5.82 Å². The van der Waals surface area contributed by atoms with Gasteiger partial charge in [-0.1, -0.05) is 17.7 Å². The minimum absolute atomic E-state index is 0.00648. The van der Waals surface area contributed by atoms with Crippen LogP contribution in [0.4, 0.5) is 15.9 Å². The van der Waals surface area contributed by atoms with Crippen molar-refractivity contribution in [2.45, 2.75) is 6.61 Å². The summed E-state index contributed by atoms with van der Waals surface area (Å²) in [5, 5.41) is 0.878. The van der Waals surface area contributed by atoms with E-state index in [-0.39, 0.29) is 11.5 Å². The molecule has 6 nitrogen and oxygen atoms in total. The molecule has 2 aromatic heterocycles. The van der Waals surface area contributed by atoms with E-state index in [2.05, 4.69) is 15.0 Å². The van der Waals surface area contributed by atoms with Crippen LogP contribution in [-0.4, -0.2) is 15.0 Å². The third-order valence-corrected chi connectivity index (χ3v) is 4.43. The van der Waals surface area contributed by atoms with E-state index in [0.717, 1.165) is 5.69 Å². The van der Waals surface area contributed by atoms with Gasteiger partial charge in [-0.3, -0.25) is 4.98 Å². The highest BCUT2D eigenvalue weighted by molar-refractivity contribution is 6.32. The number of ether oxygens (including phenoxy) is 1. The Hall–Kier alpha value is -3.45. The zero-order valence-corrected chi connectivity index (χ0v) is 15.3. The molecule has 4 aromatic rings. The average Bonchev–Trinajstić information content (AvgIpc) is 2.69. The standard InChI is InChI=1S/C20H15ClFN5O/c21-14-7-11(4-5-18(14)28-10-12-3-1-2-6-25-12)20-26-17-9-15(22)16(23)8-13(17)19(24)27-20/h1-9H,10,23H2,(H2,24,26,27). The normalized spacial score (nSPS) is 10.9. The quantitative estimate of drug-likeness (QED) is 0.501. The van der Waals surface area contributed by atoms with Crippen molar-refractivity contribution in [2.24, 2.45) is 0 Å². The molecule has 28 heavy (non-hydrogen) atoms. The van der Waals surface area contributed by atoms with E-state index in [1.165, 1.54) is 12.1 Å². The van der Waals surface area contributed by atoms with Crippen LogP contribution in [0.3, 0.4) is 0 Å². The van der Waals surface area contributed by atoms with Crippen LogP contribution in [0.2, 0.25) is 5.02 Å². The van der Waals surface area contributed by atoms with Crippen LogP contribution in [-0.2, 0) is 6.61 Å². The number of nitrogens with two attached hydrogens (primary N) is 2. The van der Waals surface area contributed by atoms with Crippen molar-refractivity contribution in [3.63, 3.8) is 0 Å². The zero-order valence-electron chi connectivity index (χ0n) is 14.6. The first kappa shape index (κ1) is 17.9. The van der Waals surface area contributed by atoms with Crippen molar-refractivity contribution in [1.82, 2.24) is 15.0 Å². The molecule has 0 amide bonds. The topological polar surface area (TPSA) is 99.9 Å². The second-order valence-electron chi connectivity index (χ2n) is 6.08. The van der Waals surface area contributed by atoms with Gasteiger partial charge < -0.3 is 16.2 Å². The lowest BCUT2D eigenvalue weighted by Crippen LogP contribution is -2.01.